The third kappa shape index (κ3) is 4.69. The van der Waals surface area contributed by atoms with Crippen LogP contribution in [0.15, 0.2) is 18.2 Å². The van der Waals surface area contributed by atoms with Gasteiger partial charge in [0.1, 0.15) is 0 Å². The van der Waals surface area contributed by atoms with Crippen LogP contribution in [-0.4, -0.2) is 55.3 Å². The molecule has 1 saturated heterocycles. The van der Waals surface area contributed by atoms with Crippen LogP contribution in [0.5, 0.6) is 0 Å². The Balaban J connectivity index is 2.00. The van der Waals surface area contributed by atoms with Gasteiger partial charge in [-0.05, 0) is 30.7 Å². The molecule has 0 aromatic heterocycles. The van der Waals surface area contributed by atoms with Crippen LogP contribution in [0.3, 0.4) is 0 Å². The zero-order valence-electron chi connectivity index (χ0n) is 13.7. The molecule has 1 aromatic carbocycles. The molecule has 8 heteroatoms. The summed E-state index contributed by atoms with van der Waals surface area (Å²) in [4.78, 5) is 37.6. The van der Waals surface area contributed by atoms with Gasteiger partial charge < -0.3 is 16.0 Å². The average molecular weight is 353 g/mol. The number of aryl methyl sites for hydroxylation is 1. The van der Waals surface area contributed by atoms with Gasteiger partial charge in [-0.1, -0.05) is 11.6 Å². The minimum Gasteiger partial charge on any atom is -0.359 e. The molecule has 1 heterocycles. The van der Waals surface area contributed by atoms with E-state index < -0.39 is 6.04 Å². The van der Waals surface area contributed by atoms with Crippen molar-refractivity contribution in [1.29, 1.82) is 0 Å². The van der Waals surface area contributed by atoms with Crippen LogP contribution in [0.1, 0.15) is 12.0 Å². The lowest BCUT2D eigenvalue weighted by molar-refractivity contribution is -0.135. The Bertz CT molecular complexity index is 650. The van der Waals surface area contributed by atoms with Crippen LogP contribution < -0.4 is 16.0 Å². The van der Waals surface area contributed by atoms with Crippen molar-refractivity contribution in [3.05, 3.63) is 28.8 Å². The predicted octanol–water partition coefficient (Wildman–Crippen LogP) is 0.523. The smallest absolute Gasteiger partial charge is 0.238 e. The van der Waals surface area contributed by atoms with E-state index in [4.69, 9.17) is 11.6 Å². The van der Waals surface area contributed by atoms with Gasteiger partial charge in [0.15, 0.2) is 0 Å². The summed E-state index contributed by atoms with van der Waals surface area (Å²) < 4.78 is 0. The molecule has 0 radical (unpaired) electrons. The third-order valence-electron chi connectivity index (χ3n) is 3.89. The average Bonchev–Trinajstić information content (AvgIpc) is 2.54. The van der Waals surface area contributed by atoms with Crippen molar-refractivity contribution < 1.29 is 14.4 Å². The summed E-state index contributed by atoms with van der Waals surface area (Å²) in [5, 5.41) is 8.64. The number of nitrogens with one attached hydrogen (secondary N) is 3. The highest BCUT2D eigenvalue weighted by Crippen LogP contribution is 2.19. The van der Waals surface area contributed by atoms with Crippen LogP contribution in [0, 0.1) is 6.92 Å². The largest absolute Gasteiger partial charge is 0.359 e. The molecule has 0 bridgehead atoms. The number of carbonyl (C=O) groups excluding carboxylic acids is 3. The van der Waals surface area contributed by atoms with E-state index in [0.29, 0.717) is 23.8 Å². The summed E-state index contributed by atoms with van der Waals surface area (Å²) in [6.45, 7) is 2.86. The van der Waals surface area contributed by atoms with Crippen LogP contribution in [0.25, 0.3) is 0 Å². The maximum absolute atomic E-state index is 12.3. The van der Waals surface area contributed by atoms with Crippen LogP contribution >= 0.6 is 11.6 Å². The predicted molar refractivity (Wildman–Crippen MR) is 91.9 cm³/mol. The molecule has 1 aliphatic rings. The first kappa shape index (κ1) is 18.2. The van der Waals surface area contributed by atoms with Crippen molar-refractivity contribution in [1.82, 2.24) is 15.5 Å². The Kier molecular flexibility index (Phi) is 6.16. The Morgan fingerprint density at radius 1 is 1.38 bits per heavy atom. The van der Waals surface area contributed by atoms with E-state index >= 15 is 0 Å². The van der Waals surface area contributed by atoms with Crippen LogP contribution in [0.2, 0.25) is 5.02 Å². The number of hydrogen-bond donors (Lipinski definition) is 3. The molecular formula is C16H21ClN4O3. The van der Waals surface area contributed by atoms with E-state index in [2.05, 4.69) is 16.0 Å². The summed E-state index contributed by atoms with van der Waals surface area (Å²) in [6.07, 6.45) is 0.0235. The Morgan fingerprint density at radius 2 is 2.12 bits per heavy atom. The van der Waals surface area contributed by atoms with Gasteiger partial charge in [-0.2, -0.15) is 0 Å². The highest BCUT2D eigenvalue weighted by Gasteiger charge is 2.32. The molecular weight excluding hydrogens is 332 g/mol. The number of halogens is 1. The van der Waals surface area contributed by atoms with E-state index in [-0.39, 0.29) is 30.7 Å². The number of nitrogens with zero attached hydrogens (tertiary/aromatic N) is 1. The zero-order chi connectivity index (χ0) is 17.7. The quantitative estimate of drug-likeness (QED) is 0.720. The van der Waals surface area contributed by atoms with E-state index in [9.17, 15) is 14.4 Å². The fourth-order valence-corrected chi connectivity index (χ4v) is 2.68. The number of piperazine rings is 1. The third-order valence-corrected chi connectivity index (χ3v) is 4.31. The molecule has 0 spiro atoms. The van der Waals surface area contributed by atoms with Crippen LogP contribution in [-0.2, 0) is 14.4 Å². The highest BCUT2D eigenvalue weighted by atomic mass is 35.5. The molecule has 1 atom stereocenters. The number of benzene rings is 1. The first-order chi connectivity index (χ1) is 11.4. The lowest BCUT2D eigenvalue weighted by Gasteiger charge is -2.34. The van der Waals surface area contributed by atoms with Crippen molar-refractivity contribution in [3.8, 4) is 0 Å². The molecule has 1 aliphatic heterocycles. The maximum Gasteiger partial charge on any atom is 0.238 e. The Morgan fingerprint density at radius 3 is 2.79 bits per heavy atom. The lowest BCUT2D eigenvalue weighted by Crippen LogP contribution is -2.57. The standard InChI is InChI=1S/C16H21ClN4O3/c1-10-7-11(3-4-12(10)17)20-15(23)9-21-6-5-19-16(24)13(21)8-14(22)18-2/h3-4,7,13H,5-6,8-9H2,1-2H3,(H,18,22)(H,19,24)(H,20,23)/t13-/m0/s1. The molecule has 24 heavy (non-hydrogen) atoms. The summed E-state index contributed by atoms with van der Waals surface area (Å²) in [5.41, 5.74) is 1.51. The van der Waals surface area contributed by atoms with Gasteiger partial charge in [-0.25, -0.2) is 0 Å². The van der Waals surface area contributed by atoms with Crippen molar-refractivity contribution in [3.63, 3.8) is 0 Å². The molecule has 0 unspecified atom stereocenters. The molecule has 0 saturated carbocycles. The zero-order valence-corrected chi connectivity index (χ0v) is 14.4. The van der Waals surface area contributed by atoms with Crippen molar-refractivity contribution in [2.45, 2.75) is 19.4 Å². The van der Waals surface area contributed by atoms with Gasteiger partial charge in [0.25, 0.3) is 0 Å². The number of hydrogen-bond acceptors (Lipinski definition) is 4. The molecule has 1 fully saturated rings. The number of rotatable bonds is 5. The Hall–Kier alpha value is -2.12. The second-order valence-corrected chi connectivity index (χ2v) is 6.07. The molecule has 130 valence electrons. The van der Waals surface area contributed by atoms with Crippen molar-refractivity contribution >= 4 is 35.0 Å². The minimum absolute atomic E-state index is 0.0235. The fourth-order valence-electron chi connectivity index (χ4n) is 2.56. The number of carbonyl (C=O) groups is 3. The van der Waals surface area contributed by atoms with Gasteiger partial charge in [-0.15, -0.1) is 0 Å². The second-order valence-electron chi connectivity index (χ2n) is 5.67. The van der Waals surface area contributed by atoms with Crippen molar-refractivity contribution in [2.24, 2.45) is 0 Å². The summed E-state index contributed by atoms with van der Waals surface area (Å²) in [7, 11) is 1.52. The van der Waals surface area contributed by atoms with E-state index in [1.165, 1.54) is 7.05 Å². The normalized spacial score (nSPS) is 18.0. The molecule has 1 aromatic rings. The van der Waals surface area contributed by atoms with Gasteiger partial charge in [0.2, 0.25) is 17.7 Å². The van der Waals surface area contributed by atoms with E-state index in [1.807, 2.05) is 6.92 Å². The Labute approximate surface area is 145 Å². The van der Waals surface area contributed by atoms with Gasteiger partial charge >= 0.3 is 0 Å². The fraction of sp³-hybridized carbons (Fsp3) is 0.438. The SMILES string of the molecule is CNC(=O)C[C@H]1C(=O)NCCN1CC(=O)Nc1ccc(Cl)c(C)c1. The van der Waals surface area contributed by atoms with E-state index in [0.717, 1.165) is 5.56 Å². The molecule has 7 nitrogen and oxygen atoms in total. The van der Waals surface area contributed by atoms with Gasteiger partial charge in [0.05, 0.1) is 19.0 Å². The highest BCUT2D eigenvalue weighted by molar-refractivity contribution is 6.31. The molecule has 3 N–H and O–H groups in total. The first-order valence-corrected chi connectivity index (χ1v) is 8.07. The number of amides is 3. The van der Waals surface area contributed by atoms with Gasteiger partial charge in [-0.3, -0.25) is 19.3 Å². The second kappa shape index (κ2) is 8.12. The van der Waals surface area contributed by atoms with Crippen molar-refractivity contribution in [2.75, 3.05) is 32.0 Å². The first-order valence-electron chi connectivity index (χ1n) is 7.69. The molecule has 2 rings (SSSR count). The van der Waals surface area contributed by atoms with Gasteiger partial charge in [0, 0.05) is 30.8 Å². The minimum atomic E-state index is -0.642. The molecule has 3 amide bonds. The summed E-state index contributed by atoms with van der Waals surface area (Å²) in [5.74, 6) is -0.718. The van der Waals surface area contributed by atoms with E-state index in [1.54, 1.807) is 23.1 Å². The molecule has 0 aliphatic carbocycles. The maximum atomic E-state index is 12.3. The monoisotopic (exact) mass is 352 g/mol. The topological polar surface area (TPSA) is 90.5 Å². The van der Waals surface area contributed by atoms with Crippen LogP contribution in [0.4, 0.5) is 5.69 Å². The summed E-state index contributed by atoms with van der Waals surface area (Å²) in [6, 6.07) is 4.58. The number of anilines is 1. The lowest BCUT2D eigenvalue weighted by atomic mass is 10.1. The summed E-state index contributed by atoms with van der Waals surface area (Å²) >= 11 is 5.97.